The van der Waals surface area contributed by atoms with Crippen LogP contribution in [-0.4, -0.2) is 42.3 Å². The van der Waals surface area contributed by atoms with E-state index >= 15 is 0 Å². The second-order valence-electron chi connectivity index (χ2n) is 5.87. The maximum absolute atomic E-state index is 13.1. The fourth-order valence-electron chi connectivity index (χ4n) is 2.58. The number of esters is 2. The second-order valence-corrected chi connectivity index (χ2v) is 5.87. The number of carbonyl (C=O) groups excluding carboxylic acids is 3. The van der Waals surface area contributed by atoms with Crippen LogP contribution in [0.15, 0.2) is 48.5 Å². The number of aromatic nitrogens is 2. The van der Waals surface area contributed by atoms with E-state index in [9.17, 15) is 18.8 Å². The number of halogens is 1. The third-order valence-electron chi connectivity index (χ3n) is 4.06. The Bertz CT molecular complexity index is 1080. The van der Waals surface area contributed by atoms with E-state index in [4.69, 9.17) is 4.74 Å². The van der Waals surface area contributed by atoms with Crippen molar-refractivity contribution >= 4 is 23.5 Å². The van der Waals surface area contributed by atoms with Crippen molar-refractivity contribution in [1.29, 1.82) is 0 Å². The number of ether oxygens (including phenoxy) is 2. The number of amides is 1. The smallest absolute Gasteiger partial charge is 0.339 e. The third-order valence-corrected chi connectivity index (χ3v) is 4.06. The Balaban J connectivity index is 1.88. The average molecular weight is 397 g/mol. The van der Waals surface area contributed by atoms with Gasteiger partial charge in [-0.2, -0.15) is 5.10 Å². The minimum atomic E-state index is -0.687. The minimum absolute atomic E-state index is 0.0618. The van der Waals surface area contributed by atoms with Gasteiger partial charge in [-0.1, -0.05) is 0 Å². The fraction of sp³-hybridized carbons (Fsp3) is 0.100. The molecule has 0 saturated heterocycles. The van der Waals surface area contributed by atoms with Gasteiger partial charge in [-0.15, -0.1) is 0 Å². The summed E-state index contributed by atoms with van der Waals surface area (Å²) in [7, 11) is 2.42. The van der Waals surface area contributed by atoms with Crippen LogP contribution < -0.4 is 5.32 Å². The highest BCUT2D eigenvalue weighted by atomic mass is 19.1. The summed E-state index contributed by atoms with van der Waals surface area (Å²) < 4.78 is 22.4. The zero-order valence-electron chi connectivity index (χ0n) is 15.5. The molecule has 1 heterocycles. The normalized spacial score (nSPS) is 10.3. The van der Waals surface area contributed by atoms with E-state index in [1.807, 2.05) is 0 Å². The molecule has 9 heteroatoms. The predicted octanol–water partition coefficient (Wildman–Crippen LogP) is 3.04. The Morgan fingerprint density at radius 2 is 1.66 bits per heavy atom. The highest BCUT2D eigenvalue weighted by Crippen LogP contribution is 2.22. The van der Waals surface area contributed by atoms with Crippen molar-refractivity contribution in [2.45, 2.75) is 0 Å². The van der Waals surface area contributed by atoms with Crippen LogP contribution in [0.1, 0.15) is 31.2 Å². The van der Waals surface area contributed by atoms with Crippen molar-refractivity contribution in [2.75, 3.05) is 19.5 Å². The quantitative estimate of drug-likeness (QED) is 0.641. The molecule has 1 aromatic heterocycles. The number of hydrogen-bond donors (Lipinski definition) is 2. The highest BCUT2D eigenvalue weighted by molar-refractivity contribution is 6.08. The van der Waals surface area contributed by atoms with E-state index in [0.29, 0.717) is 11.3 Å². The Kier molecular flexibility index (Phi) is 5.68. The van der Waals surface area contributed by atoms with E-state index in [2.05, 4.69) is 20.3 Å². The van der Waals surface area contributed by atoms with Crippen molar-refractivity contribution < 1.29 is 28.2 Å². The lowest BCUT2D eigenvalue weighted by atomic mass is 10.1. The molecule has 2 aromatic carbocycles. The summed E-state index contributed by atoms with van der Waals surface area (Å²) in [5.41, 5.74) is 1.43. The number of aromatic amines is 1. The molecule has 0 bridgehead atoms. The first-order chi connectivity index (χ1) is 13.9. The lowest BCUT2D eigenvalue weighted by Crippen LogP contribution is -2.17. The van der Waals surface area contributed by atoms with Crippen molar-refractivity contribution in [1.82, 2.24) is 10.2 Å². The number of nitrogens with zero attached hydrogens (tertiary/aromatic N) is 1. The largest absolute Gasteiger partial charge is 0.465 e. The standard InChI is InChI=1S/C20H16FN3O5/c1-28-19(26)12-5-8-14(20(27)29-2)16(9-12)22-18(25)17-10-15(23-24-17)11-3-6-13(21)7-4-11/h3-10H,1-2H3,(H,22,25)(H,23,24). The van der Waals surface area contributed by atoms with E-state index in [1.54, 1.807) is 0 Å². The number of carbonyl (C=O) groups is 3. The van der Waals surface area contributed by atoms with Gasteiger partial charge in [-0.05, 0) is 48.5 Å². The van der Waals surface area contributed by atoms with Crippen LogP contribution >= 0.6 is 0 Å². The zero-order valence-corrected chi connectivity index (χ0v) is 15.5. The molecule has 0 spiro atoms. The summed E-state index contributed by atoms with van der Waals surface area (Å²) in [6.07, 6.45) is 0. The van der Waals surface area contributed by atoms with E-state index < -0.39 is 17.8 Å². The van der Waals surface area contributed by atoms with Gasteiger partial charge in [0.25, 0.3) is 5.91 Å². The molecule has 0 saturated carbocycles. The topological polar surface area (TPSA) is 110 Å². The molecule has 3 rings (SSSR count). The molecule has 2 N–H and O–H groups in total. The van der Waals surface area contributed by atoms with Crippen molar-refractivity contribution in [2.24, 2.45) is 0 Å². The van der Waals surface area contributed by atoms with Crippen LogP contribution in [0.5, 0.6) is 0 Å². The number of benzene rings is 2. The molecule has 0 radical (unpaired) electrons. The van der Waals surface area contributed by atoms with Gasteiger partial charge in [0.15, 0.2) is 0 Å². The molecule has 0 aliphatic rings. The average Bonchev–Trinajstić information content (AvgIpc) is 3.23. The summed E-state index contributed by atoms with van der Waals surface area (Å²) >= 11 is 0. The zero-order chi connectivity index (χ0) is 21.0. The van der Waals surface area contributed by atoms with Crippen LogP contribution in [-0.2, 0) is 9.47 Å². The van der Waals surface area contributed by atoms with Gasteiger partial charge in [-0.3, -0.25) is 9.89 Å². The number of rotatable bonds is 5. The van der Waals surface area contributed by atoms with Gasteiger partial charge in [0.2, 0.25) is 0 Å². The predicted molar refractivity (Wildman–Crippen MR) is 101 cm³/mol. The number of H-pyrrole nitrogens is 1. The SMILES string of the molecule is COC(=O)c1ccc(C(=O)OC)c(NC(=O)c2cc(-c3ccc(F)cc3)n[nH]2)c1. The van der Waals surface area contributed by atoms with Gasteiger partial charge < -0.3 is 14.8 Å². The molecule has 1 amide bonds. The molecule has 0 aliphatic heterocycles. The fourth-order valence-corrected chi connectivity index (χ4v) is 2.58. The minimum Gasteiger partial charge on any atom is -0.465 e. The molecule has 8 nitrogen and oxygen atoms in total. The molecule has 148 valence electrons. The maximum atomic E-state index is 13.1. The first kappa shape index (κ1) is 19.7. The van der Waals surface area contributed by atoms with Crippen LogP contribution in [0, 0.1) is 5.82 Å². The van der Waals surface area contributed by atoms with Crippen molar-refractivity contribution in [3.8, 4) is 11.3 Å². The molecule has 0 aliphatic carbocycles. The molecular formula is C20H16FN3O5. The molecule has 0 atom stereocenters. The number of hydrogen-bond acceptors (Lipinski definition) is 6. The van der Waals surface area contributed by atoms with Gasteiger partial charge in [0, 0.05) is 5.56 Å². The van der Waals surface area contributed by atoms with Crippen molar-refractivity contribution in [3.63, 3.8) is 0 Å². The summed E-state index contributed by atoms with van der Waals surface area (Å²) in [6.45, 7) is 0. The first-order valence-corrected chi connectivity index (χ1v) is 8.36. The molecule has 0 fully saturated rings. The summed E-state index contributed by atoms with van der Waals surface area (Å²) in [5, 5.41) is 9.18. The number of nitrogens with one attached hydrogen (secondary N) is 2. The van der Waals surface area contributed by atoms with Crippen LogP contribution in [0.2, 0.25) is 0 Å². The van der Waals surface area contributed by atoms with E-state index in [0.717, 1.165) is 0 Å². The number of anilines is 1. The lowest BCUT2D eigenvalue weighted by Gasteiger charge is -2.10. The molecular weight excluding hydrogens is 381 g/mol. The van der Waals surface area contributed by atoms with Crippen molar-refractivity contribution in [3.05, 3.63) is 71.2 Å². The van der Waals surface area contributed by atoms with Gasteiger partial charge in [-0.25, -0.2) is 14.0 Å². The van der Waals surface area contributed by atoms with Crippen LogP contribution in [0.25, 0.3) is 11.3 Å². The molecule has 29 heavy (non-hydrogen) atoms. The lowest BCUT2D eigenvalue weighted by molar-refractivity contribution is 0.0587. The Hall–Kier alpha value is -4.01. The van der Waals surface area contributed by atoms with Crippen LogP contribution in [0.4, 0.5) is 10.1 Å². The van der Waals surface area contributed by atoms with E-state index in [1.165, 1.54) is 62.8 Å². The highest BCUT2D eigenvalue weighted by Gasteiger charge is 2.19. The number of methoxy groups -OCH3 is 2. The summed E-state index contributed by atoms with van der Waals surface area (Å²) in [5.74, 6) is -2.30. The van der Waals surface area contributed by atoms with Crippen LogP contribution in [0.3, 0.4) is 0 Å². The Morgan fingerprint density at radius 1 is 0.966 bits per heavy atom. The summed E-state index contributed by atoms with van der Waals surface area (Å²) in [6, 6.07) is 11.2. The van der Waals surface area contributed by atoms with Gasteiger partial charge in [0.1, 0.15) is 11.5 Å². The Labute approximate surface area is 164 Å². The Morgan fingerprint density at radius 3 is 2.31 bits per heavy atom. The van der Waals surface area contributed by atoms with E-state index in [-0.39, 0.29) is 28.3 Å². The van der Waals surface area contributed by atoms with Gasteiger partial charge in [0.05, 0.1) is 36.7 Å². The second kappa shape index (κ2) is 8.34. The molecule has 3 aromatic rings. The molecule has 0 unspecified atom stereocenters. The monoisotopic (exact) mass is 397 g/mol. The first-order valence-electron chi connectivity index (χ1n) is 8.36. The van der Waals surface area contributed by atoms with Gasteiger partial charge >= 0.3 is 11.9 Å². The maximum Gasteiger partial charge on any atom is 0.339 e. The third kappa shape index (κ3) is 4.29. The summed E-state index contributed by atoms with van der Waals surface area (Å²) in [4.78, 5) is 36.4.